The number of benzene rings is 1. The minimum Gasteiger partial charge on any atom is -0.478 e. The van der Waals surface area contributed by atoms with Gasteiger partial charge in [-0.05, 0) is 49.1 Å². The number of aryl methyl sites for hydroxylation is 1. The highest BCUT2D eigenvalue weighted by Gasteiger charge is 2.26. The fourth-order valence-corrected chi connectivity index (χ4v) is 2.55. The number of thiol groups is 1. The van der Waals surface area contributed by atoms with E-state index in [-0.39, 0.29) is 10.6 Å². The zero-order chi connectivity index (χ0) is 15.3. The van der Waals surface area contributed by atoms with Gasteiger partial charge in [0.05, 0.1) is 5.02 Å². The number of hydrogen-bond acceptors (Lipinski definition) is 3. The van der Waals surface area contributed by atoms with Crippen LogP contribution in [0.1, 0.15) is 34.3 Å². The van der Waals surface area contributed by atoms with Crippen LogP contribution in [0.5, 0.6) is 5.75 Å². The van der Waals surface area contributed by atoms with Gasteiger partial charge in [0.25, 0.3) is 0 Å². The topological polar surface area (TPSA) is 46.5 Å². The van der Waals surface area contributed by atoms with Gasteiger partial charge in [0, 0.05) is 0 Å². The lowest BCUT2D eigenvalue weighted by Gasteiger charge is -2.21. The standard InChI is InChI=1S/C12H11ClF2O3.CH4S/c13-8-5-6-3-1-2-4-7(6)9(11(16)17)10(8)18-12(14)15;1-2/h5,12H,1-4H2,(H,16,17);2H,1H3. The summed E-state index contributed by atoms with van der Waals surface area (Å²) >= 11 is 9.36. The third-order valence-corrected chi connectivity index (χ3v) is 3.26. The molecular weight excluding hydrogens is 310 g/mol. The molecule has 1 aromatic carbocycles. The number of alkyl halides is 2. The number of rotatable bonds is 3. The van der Waals surface area contributed by atoms with Gasteiger partial charge in [0.15, 0.2) is 5.75 Å². The molecule has 1 aliphatic carbocycles. The number of fused-ring (bicyclic) bond motifs is 1. The quantitative estimate of drug-likeness (QED) is 0.824. The summed E-state index contributed by atoms with van der Waals surface area (Å²) < 4.78 is 28.9. The first-order valence-electron chi connectivity index (χ1n) is 5.97. The minimum atomic E-state index is -3.10. The van der Waals surface area contributed by atoms with Crippen molar-refractivity contribution >= 4 is 30.2 Å². The molecule has 0 atom stereocenters. The summed E-state index contributed by atoms with van der Waals surface area (Å²) in [5.41, 5.74) is 1.15. The van der Waals surface area contributed by atoms with Crippen molar-refractivity contribution in [2.24, 2.45) is 0 Å². The largest absolute Gasteiger partial charge is 0.478 e. The van der Waals surface area contributed by atoms with E-state index < -0.39 is 18.3 Å². The molecule has 0 aliphatic heterocycles. The fraction of sp³-hybridized carbons (Fsp3) is 0.462. The van der Waals surface area contributed by atoms with E-state index >= 15 is 0 Å². The summed E-state index contributed by atoms with van der Waals surface area (Å²) in [7, 11) is 0. The van der Waals surface area contributed by atoms with E-state index in [1.165, 1.54) is 6.07 Å². The van der Waals surface area contributed by atoms with Gasteiger partial charge in [-0.25, -0.2) is 4.79 Å². The van der Waals surface area contributed by atoms with Crippen molar-refractivity contribution in [3.05, 3.63) is 27.8 Å². The molecule has 0 heterocycles. The summed E-state index contributed by atoms with van der Waals surface area (Å²) in [4.78, 5) is 11.2. The van der Waals surface area contributed by atoms with Crippen molar-refractivity contribution in [1.29, 1.82) is 0 Å². The van der Waals surface area contributed by atoms with E-state index in [9.17, 15) is 18.7 Å². The van der Waals surface area contributed by atoms with Crippen molar-refractivity contribution in [2.75, 3.05) is 6.26 Å². The highest BCUT2D eigenvalue weighted by Crippen LogP contribution is 2.38. The van der Waals surface area contributed by atoms with E-state index in [0.29, 0.717) is 18.4 Å². The van der Waals surface area contributed by atoms with Crippen molar-refractivity contribution < 1.29 is 23.4 Å². The van der Waals surface area contributed by atoms with E-state index in [0.717, 1.165) is 18.4 Å². The zero-order valence-electron chi connectivity index (χ0n) is 10.8. The van der Waals surface area contributed by atoms with Crippen LogP contribution in [-0.2, 0) is 12.8 Å². The molecule has 3 nitrogen and oxygen atoms in total. The smallest absolute Gasteiger partial charge is 0.387 e. The maximum Gasteiger partial charge on any atom is 0.387 e. The predicted molar refractivity (Wildman–Crippen MR) is 76.6 cm³/mol. The lowest BCUT2D eigenvalue weighted by molar-refractivity contribution is -0.0503. The molecule has 0 fully saturated rings. The van der Waals surface area contributed by atoms with Gasteiger partial charge in [-0.3, -0.25) is 0 Å². The molecule has 0 bridgehead atoms. The van der Waals surface area contributed by atoms with Gasteiger partial charge in [-0.15, -0.1) is 0 Å². The second-order valence-corrected chi connectivity index (χ2v) is 4.50. The molecule has 0 amide bonds. The normalized spacial score (nSPS) is 13.3. The van der Waals surface area contributed by atoms with E-state index in [4.69, 9.17) is 11.6 Å². The van der Waals surface area contributed by atoms with Crippen LogP contribution in [0.4, 0.5) is 8.78 Å². The van der Waals surface area contributed by atoms with Crippen LogP contribution in [-0.4, -0.2) is 23.9 Å². The lowest BCUT2D eigenvalue weighted by Crippen LogP contribution is -2.15. The Bertz CT molecular complexity index is 495. The van der Waals surface area contributed by atoms with E-state index in [2.05, 4.69) is 17.4 Å². The maximum atomic E-state index is 12.3. The Kier molecular flexibility index (Phi) is 6.55. The van der Waals surface area contributed by atoms with Crippen LogP contribution >= 0.6 is 24.2 Å². The Balaban J connectivity index is 0.000000956. The number of carbonyl (C=O) groups is 1. The Morgan fingerprint density at radius 3 is 2.55 bits per heavy atom. The SMILES string of the molecule is CS.O=C(O)c1c2c(cc(Cl)c1OC(F)F)CCCC2. The summed E-state index contributed by atoms with van der Waals surface area (Å²) in [6, 6.07) is 1.53. The third kappa shape index (κ3) is 3.76. The molecule has 0 unspecified atom stereocenters. The Labute approximate surface area is 126 Å². The van der Waals surface area contributed by atoms with E-state index in [1.54, 1.807) is 6.26 Å². The van der Waals surface area contributed by atoms with Gasteiger partial charge < -0.3 is 9.84 Å². The summed E-state index contributed by atoms with van der Waals surface area (Å²) in [6.07, 6.45) is 4.73. The molecular formula is C13H15ClF2O3S. The maximum absolute atomic E-state index is 12.3. The second-order valence-electron chi connectivity index (χ2n) is 4.09. The van der Waals surface area contributed by atoms with Crippen LogP contribution < -0.4 is 4.74 Å². The van der Waals surface area contributed by atoms with Crippen molar-refractivity contribution in [3.8, 4) is 5.75 Å². The fourth-order valence-electron chi connectivity index (χ4n) is 2.28. The highest BCUT2D eigenvalue weighted by molar-refractivity contribution is 7.79. The Morgan fingerprint density at radius 2 is 2.00 bits per heavy atom. The molecule has 2 rings (SSSR count). The summed E-state index contributed by atoms with van der Waals surface area (Å²) in [5.74, 6) is -1.72. The summed E-state index contributed by atoms with van der Waals surface area (Å²) in [5, 5.41) is 9.10. The molecule has 20 heavy (non-hydrogen) atoms. The first kappa shape index (κ1) is 17.0. The number of aromatic carboxylic acids is 1. The molecule has 0 radical (unpaired) electrons. The molecule has 0 aromatic heterocycles. The van der Waals surface area contributed by atoms with Gasteiger partial charge in [-0.2, -0.15) is 21.4 Å². The number of carboxylic acid groups (broad SMARTS) is 1. The second kappa shape index (κ2) is 7.69. The predicted octanol–water partition coefficient (Wildman–Crippen LogP) is 4.06. The van der Waals surface area contributed by atoms with Crippen molar-refractivity contribution in [3.63, 3.8) is 0 Å². The first-order valence-corrected chi connectivity index (χ1v) is 7.25. The molecule has 0 saturated heterocycles. The van der Waals surface area contributed by atoms with Crippen LogP contribution in [0.25, 0.3) is 0 Å². The molecule has 1 aromatic rings. The number of ether oxygens (including phenoxy) is 1. The molecule has 1 N–H and O–H groups in total. The molecule has 7 heteroatoms. The van der Waals surface area contributed by atoms with Crippen LogP contribution in [0.3, 0.4) is 0 Å². The Hall–Kier alpha value is -1.01. The van der Waals surface area contributed by atoms with Crippen LogP contribution in [0, 0.1) is 0 Å². The zero-order valence-corrected chi connectivity index (χ0v) is 12.5. The molecule has 112 valence electrons. The molecule has 1 aliphatic rings. The average Bonchev–Trinajstić information content (AvgIpc) is 2.41. The van der Waals surface area contributed by atoms with Gasteiger partial charge in [0.1, 0.15) is 5.56 Å². The molecule has 0 saturated carbocycles. The van der Waals surface area contributed by atoms with E-state index in [1.807, 2.05) is 0 Å². The lowest BCUT2D eigenvalue weighted by atomic mass is 9.87. The Morgan fingerprint density at radius 1 is 1.40 bits per heavy atom. The number of hydrogen-bond donors (Lipinski definition) is 2. The number of halogens is 3. The van der Waals surface area contributed by atoms with Gasteiger partial charge in [0.2, 0.25) is 0 Å². The average molecular weight is 325 g/mol. The van der Waals surface area contributed by atoms with Crippen molar-refractivity contribution in [2.45, 2.75) is 32.3 Å². The van der Waals surface area contributed by atoms with Gasteiger partial charge in [-0.1, -0.05) is 11.6 Å². The molecule has 0 spiro atoms. The monoisotopic (exact) mass is 324 g/mol. The number of carboxylic acids is 1. The van der Waals surface area contributed by atoms with Gasteiger partial charge >= 0.3 is 12.6 Å². The third-order valence-electron chi connectivity index (χ3n) is 2.98. The highest BCUT2D eigenvalue weighted by atomic mass is 35.5. The van der Waals surface area contributed by atoms with Crippen LogP contribution in [0.15, 0.2) is 6.07 Å². The summed E-state index contributed by atoms with van der Waals surface area (Å²) in [6.45, 7) is -3.10. The van der Waals surface area contributed by atoms with Crippen LogP contribution in [0.2, 0.25) is 5.02 Å². The van der Waals surface area contributed by atoms with Crippen molar-refractivity contribution in [1.82, 2.24) is 0 Å². The minimum absolute atomic E-state index is 0.0756. The first-order chi connectivity index (χ1) is 9.50.